The SMILES string of the molecule is C[C@H](/C=C/CC(=O)N1CCC[C@H]1CO)[C@@]1(O)C(=O)N(Cc2cccc(N3CCC3=O)c2)c2ccc([N+](=O)[O-])cc21. The molecule has 0 aromatic heterocycles. The molecular formula is C29H32N4O7. The number of benzene rings is 2. The Kier molecular flexibility index (Phi) is 7.43. The Labute approximate surface area is 231 Å². The molecule has 11 heteroatoms. The minimum atomic E-state index is -2.09. The predicted octanol–water partition coefficient (Wildman–Crippen LogP) is 2.63. The highest BCUT2D eigenvalue weighted by atomic mass is 16.6. The van der Waals surface area contributed by atoms with Gasteiger partial charge in [-0.2, -0.15) is 0 Å². The highest BCUT2D eigenvalue weighted by molar-refractivity contribution is 6.07. The number of fused-ring (bicyclic) bond motifs is 1. The number of anilines is 2. The van der Waals surface area contributed by atoms with E-state index in [-0.39, 0.29) is 48.7 Å². The molecule has 2 fully saturated rings. The summed E-state index contributed by atoms with van der Waals surface area (Å²) in [4.78, 5) is 54.1. The van der Waals surface area contributed by atoms with Crippen molar-refractivity contribution in [1.29, 1.82) is 0 Å². The molecule has 3 atom stereocenters. The van der Waals surface area contributed by atoms with Crippen molar-refractivity contribution in [2.75, 3.05) is 29.5 Å². The fourth-order valence-electron chi connectivity index (χ4n) is 5.78. The van der Waals surface area contributed by atoms with E-state index in [2.05, 4.69) is 0 Å². The molecule has 0 unspecified atom stereocenters. The van der Waals surface area contributed by atoms with Gasteiger partial charge in [0.25, 0.3) is 11.6 Å². The number of aliphatic hydroxyl groups is 2. The Morgan fingerprint density at radius 3 is 2.70 bits per heavy atom. The number of hydrogen-bond acceptors (Lipinski definition) is 7. The smallest absolute Gasteiger partial charge is 0.269 e. The van der Waals surface area contributed by atoms with Crippen LogP contribution in [0.4, 0.5) is 17.1 Å². The molecule has 2 aromatic rings. The van der Waals surface area contributed by atoms with Crippen LogP contribution in [0, 0.1) is 16.0 Å². The Balaban J connectivity index is 1.41. The van der Waals surface area contributed by atoms with E-state index in [4.69, 9.17) is 0 Å². The molecular weight excluding hydrogens is 516 g/mol. The van der Waals surface area contributed by atoms with Gasteiger partial charge in [0.05, 0.1) is 29.8 Å². The zero-order chi connectivity index (χ0) is 28.6. The lowest BCUT2D eigenvalue weighted by Gasteiger charge is -2.31. The predicted molar refractivity (Wildman–Crippen MR) is 146 cm³/mol. The van der Waals surface area contributed by atoms with Gasteiger partial charge >= 0.3 is 0 Å². The van der Waals surface area contributed by atoms with Gasteiger partial charge in [0.15, 0.2) is 5.60 Å². The van der Waals surface area contributed by atoms with Gasteiger partial charge in [-0.25, -0.2) is 0 Å². The van der Waals surface area contributed by atoms with Crippen molar-refractivity contribution in [2.45, 2.75) is 50.8 Å². The fourth-order valence-corrected chi connectivity index (χ4v) is 5.78. The van der Waals surface area contributed by atoms with E-state index in [0.29, 0.717) is 25.2 Å². The van der Waals surface area contributed by atoms with E-state index >= 15 is 0 Å². The molecule has 40 heavy (non-hydrogen) atoms. The molecule has 0 aliphatic carbocycles. The zero-order valence-electron chi connectivity index (χ0n) is 22.2. The number of amides is 3. The first-order chi connectivity index (χ1) is 19.1. The maximum Gasteiger partial charge on any atom is 0.269 e. The summed E-state index contributed by atoms with van der Waals surface area (Å²) in [6.07, 6.45) is 5.29. The third-order valence-corrected chi connectivity index (χ3v) is 8.16. The molecule has 210 valence electrons. The summed E-state index contributed by atoms with van der Waals surface area (Å²) in [6.45, 7) is 2.83. The lowest BCUT2D eigenvalue weighted by Crippen LogP contribution is -2.44. The third-order valence-electron chi connectivity index (χ3n) is 8.16. The van der Waals surface area contributed by atoms with Gasteiger partial charge in [0, 0.05) is 55.2 Å². The second kappa shape index (κ2) is 10.8. The van der Waals surface area contributed by atoms with Crippen LogP contribution >= 0.6 is 0 Å². The number of β-lactam (4-membered cyclic amide) rings is 1. The molecule has 5 rings (SSSR count). The minimum absolute atomic E-state index is 0.0251. The summed E-state index contributed by atoms with van der Waals surface area (Å²) in [5.74, 6) is -1.56. The molecule has 0 saturated carbocycles. The summed E-state index contributed by atoms with van der Waals surface area (Å²) < 4.78 is 0. The first-order valence-corrected chi connectivity index (χ1v) is 13.4. The van der Waals surface area contributed by atoms with Crippen molar-refractivity contribution in [3.8, 4) is 0 Å². The molecule has 0 radical (unpaired) electrons. The van der Waals surface area contributed by atoms with Crippen LogP contribution in [0.3, 0.4) is 0 Å². The van der Waals surface area contributed by atoms with Crippen molar-refractivity contribution in [1.82, 2.24) is 4.90 Å². The first kappa shape index (κ1) is 27.5. The number of hydrogen-bond donors (Lipinski definition) is 2. The van der Waals surface area contributed by atoms with Crippen molar-refractivity contribution < 1.29 is 29.5 Å². The lowest BCUT2D eigenvalue weighted by molar-refractivity contribution is -0.385. The van der Waals surface area contributed by atoms with Gasteiger partial charge in [0.2, 0.25) is 11.8 Å². The van der Waals surface area contributed by atoms with E-state index in [1.165, 1.54) is 23.1 Å². The van der Waals surface area contributed by atoms with Crippen molar-refractivity contribution >= 4 is 34.8 Å². The van der Waals surface area contributed by atoms with Crippen molar-refractivity contribution in [3.05, 3.63) is 75.9 Å². The van der Waals surface area contributed by atoms with Crippen LogP contribution in [0.1, 0.15) is 43.7 Å². The second-order valence-corrected chi connectivity index (χ2v) is 10.6. The average Bonchev–Trinajstić information content (AvgIpc) is 3.50. The van der Waals surface area contributed by atoms with E-state index in [1.54, 1.807) is 34.9 Å². The number of nitro groups is 1. The molecule has 3 aliphatic heterocycles. The van der Waals surface area contributed by atoms with Gasteiger partial charge < -0.3 is 24.9 Å². The van der Waals surface area contributed by atoms with Gasteiger partial charge in [-0.15, -0.1) is 0 Å². The Morgan fingerprint density at radius 2 is 2.02 bits per heavy atom. The molecule has 3 heterocycles. The van der Waals surface area contributed by atoms with Crippen molar-refractivity contribution in [2.24, 2.45) is 5.92 Å². The number of carbonyl (C=O) groups excluding carboxylic acids is 3. The van der Waals surface area contributed by atoms with Crippen LogP contribution in [-0.2, 0) is 26.5 Å². The molecule has 2 aromatic carbocycles. The number of non-ortho nitro benzene ring substituents is 1. The van der Waals surface area contributed by atoms with Crippen LogP contribution in [0.15, 0.2) is 54.6 Å². The molecule has 3 amide bonds. The normalized spacial score (nSPS) is 23.1. The Hall–Kier alpha value is -4.09. The molecule has 0 bridgehead atoms. The number of likely N-dealkylation sites (tertiary alicyclic amines) is 1. The van der Waals surface area contributed by atoms with Gasteiger partial charge in [-0.05, 0) is 36.6 Å². The van der Waals surface area contributed by atoms with Crippen LogP contribution < -0.4 is 9.80 Å². The number of aliphatic hydroxyl groups excluding tert-OH is 1. The average molecular weight is 549 g/mol. The topological polar surface area (TPSA) is 145 Å². The zero-order valence-corrected chi connectivity index (χ0v) is 22.2. The molecule has 0 spiro atoms. The molecule has 3 aliphatic rings. The van der Waals surface area contributed by atoms with Crippen molar-refractivity contribution in [3.63, 3.8) is 0 Å². The molecule has 11 nitrogen and oxygen atoms in total. The van der Waals surface area contributed by atoms with Crippen LogP contribution in [0.25, 0.3) is 0 Å². The maximum atomic E-state index is 13.8. The van der Waals surface area contributed by atoms with E-state index < -0.39 is 22.3 Å². The highest BCUT2D eigenvalue weighted by Gasteiger charge is 2.53. The number of nitro benzene ring substituents is 1. The summed E-state index contributed by atoms with van der Waals surface area (Å²) >= 11 is 0. The monoisotopic (exact) mass is 548 g/mol. The Bertz CT molecular complexity index is 1390. The van der Waals surface area contributed by atoms with E-state index in [0.717, 1.165) is 24.1 Å². The van der Waals surface area contributed by atoms with E-state index in [9.17, 15) is 34.7 Å². The van der Waals surface area contributed by atoms with Gasteiger partial charge in [0.1, 0.15) is 0 Å². The molecule has 2 N–H and O–H groups in total. The largest absolute Gasteiger partial charge is 0.394 e. The summed E-state index contributed by atoms with van der Waals surface area (Å²) in [5, 5.41) is 32.9. The third kappa shape index (κ3) is 4.75. The van der Waals surface area contributed by atoms with Crippen LogP contribution in [0.2, 0.25) is 0 Å². The van der Waals surface area contributed by atoms with Crippen LogP contribution in [0.5, 0.6) is 0 Å². The standard InChI is InChI=1S/C29H32N4O7/c1-19(5-2-9-26(35)30-13-4-8-23(30)18-34)29(38)24-16-22(33(39)40)10-11-25(24)32(28(29)37)17-20-6-3-7-21(15-20)31-14-12-27(31)36/h2-3,5-7,10-11,15-16,19,23,34,38H,4,8-9,12-14,17-18H2,1H3/b5-2+/t19-,23+,29+/m1/s1. The Morgan fingerprint density at radius 1 is 1.23 bits per heavy atom. The second-order valence-electron chi connectivity index (χ2n) is 10.6. The minimum Gasteiger partial charge on any atom is -0.394 e. The van der Waals surface area contributed by atoms with Gasteiger partial charge in [-0.1, -0.05) is 31.2 Å². The summed E-state index contributed by atoms with van der Waals surface area (Å²) in [5.41, 5.74) is -0.390. The number of rotatable bonds is 9. The lowest BCUT2D eigenvalue weighted by atomic mass is 9.82. The number of carbonyl (C=O) groups is 3. The van der Waals surface area contributed by atoms with Gasteiger partial charge in [-0.3, -0.25) is 24.5 Å². The fraction of sp³-hybridized carbons (Fsp3) is 0.414. The van der Waals surface area contributed by atoms with E-state index in [1.807, 2.05) is 18.2 Å². The maximum absolute atomic E-state index is 13.8. The first-order valence-electron chi connectivity index (χ1n) is 13.4. The number of nitrogens with zero attached hydrogens (tertiary/aromatic N) is 4. The highest BCUT2D eigenvalue weighted by Crippen LogP contribution is 2.47. The molecule has 2 saturated heterocycles. The quantitative estimate of drug-likeness (QED) is 0.212. The summed E-state index contributed by atoms with van der Waals surface area (Å²) in [7, 11) is 0. The summed E-state index contributed by atoms with van der Waals surface area (Å²) in [6, 6.07) is 11.0. The van der Waals surface area contributed by atoms with Crippen LogP contribution in [-0.4, -0.2) is 63.5 Å².